The van der Waals surface area contributed by atoms with Crippen molar-refractivity contribution in [2.24, 2.45) is 0 Å². The van der Waals surface area contributed by atoms with Gasteiger partial charge in [-0.15, -0.1) is 11.8 Å². The first-order valence-corrected chi connectivity index (χ1v) is 9.20. The number of rotatable bonds is 9. The summed E-state index contributed by atoms with van der Waals surface area (Å²) in [6.45, 7) is -2.04. The molecule has 5 nitrogen and oxygen atoms in total. The van der Waals surface area contributed by atoms with Crippen molar-refractivity contribution in [1.29, 1.82) is 5.26 Å². The summed E-state index contributed by atoms with van der Waals surface area (Å²) < 4.78 is 28.6. The normalized spacial score (nSPS) is 11.7. The molecule has 2 rings (SSSR count). The van der Waals surface area contributed by atoms with E-state index < -0.39 is 6.61 Å². The Labute approximate surface area is 160 Å². The Kier molecular flexibility index (Phi) is 8.04. The van der Waals surface area contributed by atoms with Crippen molar-refractivity contribution in [2.45, 2.75) is 18.1 Å². The van der Waals surface area contributed by atoms with E-state index in [4.69, 9.17) is 5.26 Å². The van der Waals surface area contributed by atoms with Gasteiger partial charge in [-0.05, 0) is 36.4 Å². The number of carbonyl (C=O) groups is 1. The summed E-state index contributed by atoms with van der Waals surface area (Å²) >= 11 is 1.37. The molecule has 1 atom stereocenters. The van der Waals surface area contributed by atoms with E-state index in [1.165, 1.54) is 23.9 Å². The van der Waals surface area contributed by atoms with Crippen molar-refractivity contribution in [2.75, 3.05) is 24.7 Å². The first-order chi connectivity index (χ1) is 13.0. The lowest BCUT2D eigenvalue weighted by Gasteiger charge is -2.15. The molecule has 2 aromatic rings. The zero-order valence-corrected chi connectivity index (χ0v) is 15.6. The van der Waals surface area contributed by atoms with Gasteiger partial charge < -0.3 is 15.0 Å². The van der Waals surface area contributed by atoms with Crippen LogP contribution in [0.1, 0.15) is 5.56 Å². The van der Waals surface area contributed by atoms with Crippen LogP contribution < -0.4 is 15.0 Å². The zero-order chi connectivity index (χ0) is 19.6. The first-order valence-electron chi connectivity index (χ1n) is 8.21. The number of nitrogens with one attached hydrogen (secondary N) is 2. The third-order valence-corrected chi connectivity index (χ3v) is 4.51. The minimum atomic E-state index is -2.85. The number of amides is 1. The Balaban J connectivity index is 1.88. The molecule has 0 saturated carbocycles. The van der Waals surface area contributed by atoms with Crippen LogP contribution in [0.5, 0.6) is 5.75 Å². The highest BCUT2D eigenvalue weighted by atomic mass is 32.2. The van der Waals surface area contributed by atoms with Crippen molar-refractivity contribution in [3.63, 3.8) is 0 Å². The van der Waals surface area contributed by atoms with E-state index in [2.05, 4.69) is 16.1 Å². The van der Waals surface area contributed by atoms with E-state index in [1.54, 1.807) is 18.2 Å². The molecular weight excluding hydrogens is 372 g/mol. The van der Waals surface area contributed by atoms with Gasteiger partial charge in [0.05, 0.1) is 24.6 Å². The summed E-state index contributed by atoms with van der Waals surface area (Å²) in [7, 11) is 1.87. The van der Waals surface area contributed by atoms with Crippen LogP contribution in [-0.2, 0) is 11.3 Å². The monoisotopic (exact) mass is 392 g/mol. The van der Waals surface area contributed by atoms with E-state index in [0.717, 1.165) is 15.4 Å². The molecule has 0 heterocycles. The number of likely N-dealkylation sites (N-methyl/N-ethyl adjacent to an activating group) is 1. The number of quaternary nitrogens is 1. The van der Waals surface area contributed by atoms with Crippen LogP contribution >= 0.6 is 11.8 Å². The Morgan fingerprint density at radius 2 is 1.96 bits per heavy atom. The van der Waals surface area contributed by atoms with E-state index in [-0.39, 0.29) is 18.2 Å². The molecule has 2 aromatic carbocycles. The average Bonchev–Trinajstić information content (AvgIpc) is 2.62. The standard InChI is InChI=1S/C19H19F2N3O2S/c1-24(12-14-6-8-15(9-7-14)26-19(20)21)13-18(25)23-16-4-2-3-5-17(16)27-11-10-22/h2-9,19H,11-13H2,1H3,(H,23,25)/p+1. The van der Waals surface area contributed by atoms with Crippen molar-refractivity contribution < 1.29 is 23.2 Å². The largest absolute Gasteiger partial charge is 0.435 e. The minimum Gasteiger partial charge on any atom is -0.435 e. The third kappa shape index (κ3) is 7.25. The molecule has 0 bridgehead atoms. The van der Waals surface area contributed by atoms with Crippen LogP contribution in [0.25, 0.3) is 0 Å². The summed E-state index contributed by atoms with van der Waals surface area (Å²) in [4.78, 5) is 14.1. The lowest BCUT2D eigenvalue weighted by molar-refractivity contribution is -0.885. The van der Waals surface area contributed by atoms with Crippen LogP contribution in [0.2, 0.25) is 0 Å². The average molecular weight is 392 g/mol. The van der Waals surface area contributed by atoms with Gasteiger partial charge in [0, 0.05) is 10.5 Å². The number of carbonyl (C=O) groups excluding carboxylic acids is 1. The number of ether oxygens (including phenoxy) is 1. The highest BCUT2D eigenvalue weighted by Crippen LogP contribution is 2.26. The maximum Gasteiger partial charge on any atom is 0.387 e. The summed E-state index contributed by atoms with van der Waals surface area (Å²) in [6.07, 6.45) is 0. The maximum absolute atomic E-state index is 12.3. The number of hydrogen-bond acceptors (Lipinski definition) is 4. The first kappa shape index (κ1) is 20.7. The topological polar surface area (TPSA) is 66.6 Å². The number of benzene rings is 2. The Bertz CT molecular complexity index is 794. The molecule has 27 heavy (non-hydrogen) atoms. The lowest BCUT2D eigenvalue weighted by atomic mass is 10.2. The summed E-state index contributed by atoms with van der Waals surface area (Å²) in [5, 5.41) is 11.6. The highest BCUT2D eigenvalue weighted by molar-refractivity contribution is 7.99. The molecular formula is C19H20F2N3O2S+. The van der Waals surface area contributed by atoms with Gasteiger partial charge >= 0.3 is 6.61 Å². The molecule has 2 N–H and O–H groups in total. The second-order valence-electron chi connectivity index (χ2n) is 5.82. The van der Waals surface area contributed by atoms with Gasteiger partial charge in [-0.25, -0.2) is 0 Å². The molecule has 142 valence electrons. The van der Waals surface area contributed by atoms with E-state index in [0.29, 0.717) is 18.0 Å². The summed E-state index contributed by atoms with van der Waals surface area (Å²) in [5.41, 5.74) is 1.59. The molecule has 1 amide bonds. The van der Waals surface area contributed by atoms with Crippen LogP contribution in [0, 0.1) is 11.3 Å². The molecule has 0 saturated heterocycles. The third-order valence-electron chi connectivity index (χ3n) is 3.57. The predicted octanol–water partition coefficient (Wildman–Crippen LogP) is 2.56. The number of alkyl halides is 2. The second-order valence-corrected chi connectivity index (χ2v) is 6.84. The van der Waals surface area contributed by atoms with Gasteiger partial charge in [0.25, 0.3) is 5.91 Å². The Hall–Kier alpha value is -2.63. The van der Waals surface area contributed by atoms with E-state index >= 15 is 0 Å². The van der Waals surface area contributed by atoms with Crippen LogP contribution in [0.4, 0.5) is 14.5 Å². The zero-order valence-electron chi connectivity index (χ0n) is 14.7. The van der Waals surface area contributed by atoms with Crippen molar-refractivity contribution in [3.05, 3.63) is 54.1 Å². The van der Waals surface area contributed by atoms with Gasteiger partial charge in [-0.1, -0.05) is 12.1 Å². The van der Waals surface area contributed by atoms with Gasteiger partial charge in [0.15, 0.2) is 6.54 Å². The fraction of sp³-hybridized carbons (Fsp3) is 0.263. The van der Waals surface area contributed by atoms with E-state index in [1.807, 2.05) is 25.2 Å². The second kappa shape index (κ2) is 10.5. The number of nitrogens with zero attached hydrogens (tertiary/aromatic N) is 1. The Morgan fingerprint density at radius 3 is 2.63 bits per heavy atom. The fourth-order valence-electron chi connectivity index (χ4n) is 2.47. The van der Waals surface area contributed by atoms with Gasteiger partial charge in [0.1, 0.15) is 12.3 Å². The molecule has 0 aliphatic rings. The van der Waals surface area contributed by atoms with Crippen LogP contribution in [0.3, 0.4) is 0 Å². The number of para-hydroxylation sites is 1. The summed E-state index contributed by atoms with van der Waals surface area (Å²) in [5.74, 6) is 0.273. The van der Waals surface area contributed by atoms with Crippen LogP contribution in [-0.4, -0.2) is 31.9 Å². The van der Waals surface area contributed by atoms with Gasteiger partial charge in [0.2, 0.25) is 0 Å². The Morgan fingerprint density at radius 1 is 1.26 bits per heavy atom. The fourth-order valence-corrected chi connectivity index (χ4v) is 3.14. The number of hydrogen-bond donors (Lipinski definition) is 2. The molecule has 0 aliphatic carbocycles. The highest BCUT2D eigenvalue weighted by Gasteiger charge is 2.13. The molecule has 0 radical (unpaired) electrons. The smallest absolute Gasteiger partial charge is 0.387 e. The summed E-state index contributed by atoms with van der Waals surface area (Å²) in [6, 6.07) is 15.8. The number of anilines is 1. The molecule has 0 fully saturated rings. The molecule has 8 heteroatoms. The van der Waals surface area contributed by atoms with Crippen molar-refractivity contribution >= 4 is 23.4 Å². The van der Waals surface area contributed by atoms with Gasteiger partial charge in [-0.3, -0.25) is 4.79 Å². The number of halogens is 2. The van der Waals surface area contributed by atoms with Gasteiger partial charge in [-0.2, -0.15) is 14.0 Å². The lowest BCUT2D eigenvalue weighted by Crippen LogP contribution is -3.08. The quantitative estimate of drug-likeness (QED) is 0.644. The molecule has 1 unspecified atom stereocenters. The number of thioether (sulfide) groups is 1. The molecule has 0 aliphatic heterocycles. The molecule has 0 aromatic heterocycles. The predicted molar refractivity (Wildman–Crippen MR) is 99.9 cm³/mol. The number of nitriles is 1. The minimum absolute atomic E-state index is 0.107. The van der Waals surface area contributed by atoms with E-state index in [9.17, 15) is 13.6 Å². The SMILES string of the molecule is C[NH+](CC(=O)Nc1ccccc1SCC#N)Cc1ccc(OC(F)F)cc1. The van der Waals surface area contributed by atoms with Crippen molar-refractivity contribution in [1.82, 2.24) is 0 Å². The van der Waals surface area contributed by atoms with Crippen molar-refractivity contribution in [3.8, 4) is 11.8 Å². The van der Waals surface area contributed by atoms with Crippen LogP contribution in [0.15, 0.2) is 53.4 Å². The maximum atomic E-state index is 12.3. The molecule has 0 spiro atoms.